The third kappa shape index (κ3) is 6.97. The third-order valence-electron chi connectivity index (χ3n) is 5.44. The van der Waals surface area contributed by atoms with E-state index >= 15 is 0 Å². The summed E-state index contributed by atoms with van der Waals surface area (Å²) in [4.78, 5) is 12.2. The van der Waals surface area contributed by atoms with Crippen LogP contribution in [-0.2, 0) is 9.53 Å². The van der Waals surface area contributed by atoms with E-state index in [0.717, 1.165) is 38.5 Å². The molecule has 0 fully saturated rings. The molecule has 3 nitrogen and oxygen atoms in total. The number of rotatable bonds is 14. The average molecular weight is 351 g/mol. The van der Waals surface area contributed by atoms with Crippen LogP contribution in [-0.4, -0.2) is 24.8 Å². The zero-order valence-corrected chi connectivity index (χ0v) is 16.6. The van der Waals surface area contributed by atoms with Crippen LogP contribution < -0.4 is 0 Å². The molecule has 1 aliphatic rings. The van der Waals surface area contributed by atoms with Crippen molar-refractivity contribution in [1.82, 2.24) is 0 Å². The Bertz CT molecular complexity index is 439. The van der Waals surface area contributed by atoms with Gasteiger partial charge in [0.2, 0.25) is 0 Å². The molecule has 0 aromatic heterocycles. The van der Waals surface area contributed by atoms with Gasteiger partial charge < -0.3 is 9.84 Å². The summed E-state index contributed by atoms with van der Waals surface area (Å²) in [6.45, 7) is 5.00. The van der Waals surface area contributed by atoms with Gasteiger partial charge in [-0.1, -0.05) is 89.0 Å². The van der Waals surface area contributed by atoms with Crippen LogP contribution in [0.25, 0.3) is 0 Å². The molecule has 1 aliphatic carbocycles. The van der Waals surface area contributed by atoms with Gasteiger partial charge in [0.25, 0.3) is 0 Å². The van der Waals surface area contributed by atoms with Crippen LogP contribution in [0.2, 0.25) is 0 Å². The van der Waals surface area contributed by atoms with Crippen molar-refractivity contribution in [3.8, 4) is 0 Å². The Labute approximate surface area is 154 Å². The molecule has 0 bridgehead atoms. The highest BCUT2D eigenvalue weighted by molar-refractivity contribution is 5.78. The van der Waals surface area contributed by atoms with Crippen LogP contribution in [0.3, 0.4) is 0 Å². The molecule has 144 valence electrons. The van der Waals surface area contributed by atoms with Gasteiger partial charge in [-0.2, -0.15) is 0 Å². The number of hydrogen-bond acceptors (Lipinski definition) is 2. The van der Waals surface area contributed by atoms with Crippen LogP contribution in [0.15, 0.2) is 23.8 Å². The maximum absolute atomic E-state index is 12.2. The standard InChI is InChI=1S/C22H38O3/c1-4-6-7-8-9-10-11-15-22(21(23)24)16-13-19(12-5-2)18-20(22)14-17-25-3/h13,16,18,20H,4-12,14-15,17H2,1-3H3,(H,23,24). The first kappa shape index (κ1) is 22.0. The van der Waals surface area contributed by atoms with Gasteiger partial charge >= 0.3 is 5.97 Å². The fourth-order valence-corrected chi connectivity index (χ4v) is 3.86. The van der Waals surface area contributed by atoms with Crippen LogP contribution in [0, 0.1) is 11.3 Å². The molecule has 0 saturated heterocycles. The van der Waals surface area contributed by atoms with Gasteiger partial charge in [-0.25, -0.2) is 0 Å². The summed E-state index contributed by atoms with van der Waals surface area (Å²) in [6, 6.07) is 0. The van der Waals surface area contributed by atoms with E-state index in [1.54, 1.807) is 7.11 Å². The lowest BCUT2D eigenvalue weighted by molar-refractivity contribution is -0.149. The summed E-state index contributed by atoms with van der Waals surface area (Å²) in [5.41, 5.74) is 0.527. The van der Waals surface area contributed by atoms with E-state index in [0.29, 0.717) is 6.61 Å². The van der Waals surface area contributed by atoms with Gasteiger partial charge in [-0.3, -0.25) is 4.79 Å². The number of aliphatic carboxylic acids is 1. The number of carboxylic acid groups (broad SMARTS) is 1. The Hall–Kier alpha value is -1.09. The minimum Gasteiger partial charge on any atom is -0.481 e. The molecular formula is C22H38O3. The van der Waals surface area contributed by atoms with E-state index in [1.807, 2.05) is 6.08 Å². The van der Waals surface area contributed by atoms with Crippen molar-refractivity contribution in [3.05, 3.63) is 23.8 Å². The molecule has 25 heavy (non-hydrogen) atoms. The molecule has 0 aromatic rings. The van der Waals surface area contributed by atoms with Crippen LogP contribution in [0.1, 0.15) is 84.5 Å². The first-order valence-corrected chi connectivity index (χ1v) is 10.2. The van der Waals surface area contributed by atoms with E-state index in [1.165, 1.54) is 37.7 Å². The predicted octanol–water partition coefficient (Wildman–Crippen LogP) is 6.15. The Morgan fingerprint density at radius 3 is 2.40 bits per heavy atom. The molecule has 0 aliphatic heterocycles. The van der Waals surface area contributed by atoms with Gasteiger partial charge in [0, 0.05) is 13.7 Å². The van der Waals surface area contributed by atoms with Crippen molar-refractivity contribution in [2.45, 2.75) is 84.5 Å². The van der Waals surface area contributed by atoms with Gasteiger partial charge in [0.15, 0.2) is 0 Å². The maximum atomic E-state index is 12.2. The van der Waals surface area contributed by atoms with Crippen LogP contribution in [0.4, 0.5) is 0 Å². The van der Waals surface area contributed by atoms with Crippen molar-refractivity contribution in [2.75, 3.05) is 13.7 Å². The first-order valence-electron chi connectivity index (χ1n) is 10.2. The average Bonchev–Trinajstić information content (AvgIpc) is 2.60. The monoisotopic (exact) mass is 350 g/mol. The van der Waals surface area contributed by atoms with Crippen molar-refractivity contribution in [3.63, 3.8) is 0 Å². The molecule has 0 aromatic carbocycles. The van der Waals surface area contributed by atoms with E-state index in [4.69, 9.17) is 4.74 Å². The summed E-state index contributed by atoms with van der Waals surface area (Å²) in [7, 11) is 1.69. The van der Waals surface area contributed by atoms with Gasteiger partial charge in [-0.15, -0.1) is 0 Å². The molecule has 0 heterocycles. The van der Waals surface area contributed by atoms with Crippen molar-refractivity contribution < 1.29 is 14.6 Å². The fourth-order valence-electron chi connectivity index (χ4n) is 3.86. The topological polar surface area (TPSA) is 46.5 Å². The molecule has 0 saturated carbocycles. The molecule has 0 amide bonds. The molecule has 3 heteroatoms. The minimum atomic E-state index is -0.751. The summed E-state index contributed by atoms with van der Waals surface area (Å²) in [5.74, 6) is -0.640. The Kier molecular flexibility index (Phi) is 10.8. The zero-order chi connectivity index (χ0) is 18.5. The SMILES string of the molecule is CCCCCCCCCC1(C(=O)O)C=CC(CCC)=CC1CCOC. The number of methoxy groups -OCH3 is 1. The molecule has 1 rings (SSSR count). The smallest absolute Gasteiger partial charge is 0.314 e. The van der Waals surface area contributed by atoms with Crippen molar-refractivity contribution in [1.29, 1.82) is 0 Å². The highest BCUT2D eigenvalue weighted by atomic mass is 16.5. The highest BCUT2D eigenvalue weighted by Crippen LogP contribution is 2.43. The summed E-state index contributed by atoms with van der Waals surface area (Å²) in [5, 5.41) is 10.0. The van der Waals surface area contributed by atoms with E-state index in [2.05, 4.69) is 26.0 Å². The number of ether oxygens (including phenoxy) is 1. The Morgan fingerprint density at radius 2 is 1.80 bits per heavy atom. The molecule has 1 N–H and O–H groups in total. The van der Waals surface area contributed by atoms with E-state index < -0.39 is 11.4 Å². The fraction of sp³-hybridized carbons (Fsp3) is 0.773. The minimum absolute atomic E-state index is 0.0385. The molecule has 0 radical (unpaired) electrons. The normalized spacial score (nSPS) is 22.8. The number of hydrogen-bond donors (Lipinski definition) is 1. The van der Waals surface area contributed by atoms with E-state index in [-0.39, 0.29) is 5.92 Å². The van der Waals surface area contributed by atoms with Crippen LogP contribution in [0.5, 0.6) is 0 Å². The summed E-state index contributed by atoms with van der Waals surface area (Å²) >= 11 is 0. The molecular weight excluding hydrogens is 312 g/mol. The second-order valence-electron chi connectivity index (χ2n) is 7.43. The lowest BCUT2D eigenvalue weighted by atomic mass is 9.67. The molecule has 2 atom stereocenters. The number of carbonyl (C=O) groups is 1. The zero-order valence-electron chi connectivity index (χ0n) is 16.6. The van der Waals surface area contributed by atoms with Crippen LogP contribution >= 0.6 is 0 Å². The predicted molar refractivity (Wildman–Crippen MR) is 105 cm³/mol. The van der Waals surface area contributed by atoms with Gasteiger partial charge in [-0.05, 0) is 25.2 Å². The number of unbranched alkanes of at least 4 members (excludes halogenated alkanes) is 6. The third-order valence-corrected chi connectivity index (χ3v) is 5.44. The molecule has 0 spiro atoms. The van der Waals surface area contributed by atoms with Crippen molar-refractivity contribution in [2.24, 2.45) is 11.3 Å². The lowest BCUT2D eigenvalue weighted by Crippen LogP contribution is -2.38. The lowest BCUT2D eigenvalue weighted by Gasteiger charge is -2.36. The van der Waals surface area contributed by atoms with Crippen molar-refractivity contribution >= 4 is 5.97 Å². The summed E-state index contributed by atoms with van der Waals surface area (Å²) < 4.78 is 5.25. The second-order valence-corrected chi connectivity index (χ2v) is 7.43. The summed E-state index contributed by atoms with van der Waals surface area (Å²) in [6.07, 6.45) is 18.4. The van der Waals surface area contributed by atoms with E-state index in [9.17, 15) is 9.90 Å². The highest BCUT2D eigenvalue weighted by Gasteiger charge is 2.43. The first-order chi connectivity index (χ1) is 12.1. The maximum Gasteiger partial charge on any atom is 0.314 e. The number of carboxylic acids is 1. The Morgan fingerprint density at radius 1 is 1.12 bits per heavy atom. The van der Waals surface area contributed by atoms with Gasteiger partial charge in [0.05, 0.1) is 5.41 Å². The van der Waals surface area contributed by atoms with Gasteiger partial charge in [0.1, 0.15) is 0 Å². The number of allylic oxidation sites excluding steroid dienone is 3. The Balaban J connectivity index is 2.69. The molecule has 2 unspecified atom stereocenters. The second kappa shape index (κ2) is 12.3. The largest absolute Gasteiger partial charge is 0.481 e. The quantitative estimate of drug-likeness (QED) is 0.382.